The monoisotopic (exact) mass is 215 g/mol. The van der Waals surface area contributed by atoms with Gasteiger partial charge in [-0.1, -0.05) is 23.4 Å². The van der Waals surface area contributed by atoms with Crippen LogP contribution in [-0.2, 0) is 6.42 Å². The van der Waals surface area contributed by atoms with Crippen molar-refractivity contribution in [3.63, 3.8) is 0 Å². The van der Waals surface area contributed by atoms with Gasteiger partial charge in [0, 0.05) is 10.9 Å². The van der Waals surface area contributed by atoms with Crippen LogP contribution in [0.15, 0.2) is 24.3 Å². The van der Waals surface area contributed by atoms with Crippen molar-refractivity contribution < 1.29 is 0 Å². The second-order valence-electron chi connectivity index (χ2n) is 3.85. The van der Waals surface area contributed by atoms with Crippen molar-refractivity contribution in [1.82, 2.24) is 20.0 Å². The molecule has 0 aliphatic rings. The Hall–Kier alpha value is -1.88. The second kappa shape index (κ2) is 3.61. The largest absolute Gasteiger partial charge is 0.330 e. The predicted octanol–water partition coefficient (Wildman–Crippen LogP) is 1.10. The minimum atomic E-state index is 0.698. The lowest BCUT2D eigenvalue weighted by Crippen LogP contribution is -2.00. The molecule has 5 heteroatoms. The minimum Gasteiger partial charge on any atom is -0.330 e. The summed E-state index contributed by atoms with van der Waals surface area (Å²) < 4.78 is 1.92. The van der Waals surface area contributed by atoms with Crippen molar-refractivity contribution in [3.8, 4) is 0 Å². The number of hydrogen-bond donors (Lipinski definition) is 2. The van der Waals surface area contributed by atoms with E-state index in [-0.39, 0.29) is 0 Å². The molecule has 0 fully saturated rings. The van der Waals surface area contributed by atoms with Gasteiger partial charge < -0.3 is 5.73 Å². The Balaban J connectivity index is 2.30. The van der Waals surface area contributed by atoms with Crippen LogP contribution in [-0.4, -0.2) is 26.6 Å². The number of para-hydroxylation sites is 1. The van der Waals surface area contributed by atoms with E-state index in [9.17, 15) is 0 Å². The Labute approximate surface area is 92.2 Å². The molecule has 0 saturated heterocycles. The second-order valence-corrected chi connectivity index (χ2v) is 3.85. The zero-order valence-corrected chi connectivity index (χ0v) is 8.85. The lowest BCUT2D eigenvalue weighted by Gasteiger charge is -1.96. The zero-order chi connectivity index (χ0) is 11.0. The number of nitrogens with one attached hydrogen (secondary N) is 1. The van der Waals surface area contributed by atoms with Crippen molar-refractivity contribution in [1.29, 1.82) is 0 Å². The number of H-pyrrole nitrogens is 1. The molecule has 3 aromatic rings. The first-order valence-corrected chi connectivity index (χ1v) is 5.41. The first kappa shape index (κ1) is 9.35. The van der Waals surface area contributed by atoms with Crippen LogP contribution in [0.4, 0.5) is 0 Å². The molecule has 2 heterocycles. The summed E-state index contributed by atoms with van der Waals surface area (Å²) in [7, 11) is 0. The molecular weight excluding hydrogens is 202 g/mol. The molecule has 0 amide bonds. The van der Waals surface area contributed by atoms with Crippen molar-refractivity contribution in [2.75, 3.05) is 6.54 Å². The van der Waals surface area contributed by atoms with Crippen LogP contribution in [0.3, 0.4) is 0 Å². The molecule has 16 heavy (non-hydrogen) atoms. The van der Waals surface area contributed by atoms with Gasteiger partial charge in [-0.05, 0) is 25.5 Å². The lowest BCUT2D eigenvalue weighted by molar-refractivity contribution is 0.838. The van der Waals surface area contributed by atoms with Gasteiger partial charge in [0.05, 0.1) is 5.52 Å². The van der Waals surface area contributed by atoms with E-state index in [4.69, 9.17) is 5.73 Å². The number of aromatic nitrogens is 4. The first-order valence-electron chi connectivity index (χ1n) is 5.41. The fraction of sp³-hybridized carbons (Fsp3) is 0.273. The molecule has 0 spiro atoms. The highest BCUT2D eigenvalue weighted by Gasteiger charge is 2.12. The molecule has 82 valence electrons. The maximum absolute atomic E-state index is 5.56. The smallest absolute Gasteiger partial charge is 0.181 e. The Morgan fingerprint density at radius 2 is 2.19 bits per heavy atom. The van der Waals surface area contributed by atoms with Gasteiger partial charge in [-0.15, -0.1) is 5.10 Å². The maximum atomic E-state index is 5.56. The van der Waals surface area contributed by atoms with Crippen molar-refractivity contribution in [2.45, 2.75) is 12.8 Å². The fourth-order valence-corrected chi connectivity index (χ4v) is 2.14. The van der Waals surface area contributed by atoms with Gasteiger partial charge in [-0.3, -0.25) is 0 Å². The van der Waals surface area contributed by atoms with Crippen molar-refractivity contribution in [2.24, 2.45) is 5.73 Å². The molecule has 3 rings (SSSR count). The number of benzene rings is 1. The van der Waals surface area contributed by atoms with Gasteiger partial charge in [0.25, 0.3) is 0 Å². The Morgan fingerprint density at radius 3 is 3.06 bits per heavy atom. The van der Waals surface area contributed by atoms with E-state index in [1.54, 1.807) is 0 Å². The first-order chi connectivity index (χ1) is 7.92. The van der Waals surface area contributed by atoms with Gasteiger partial charge in [-0.25, -0.2) is 4.52 Å². The molecule has 0 radical (unpaired) electrons. The minimum absolute atomic E-state index is 0.698. The number of tetrazole rings is 1. The molecule has 0 saturated carbocycles. The maximum Gasteiger partial charge on any atom is 0.181 e. The average molecular weight is 215 g/mol. The third-order valence-electron chi connectivity index (χ3n) is 2.87. The fourth-order valence-electron chi connectivity index (χ4n) is 2.14. The molecule has 3 N–H and O–H groups in total. The van der Waals surface area contributed by atoms with Gasteiger partial charge in [0.15, 0.2) is 5.65 Å². The summed E-state index contributed by atoms with van der Waals surface area (Å²) in [4.78, 5) is 0. The number of hydrogen-bond acceptors (Lipinski definition) is 3. The summed E-state index contributed by atoms with van der Waals surface area (Å²) in [5.74, 6) is 0. The lowest BCUT2D eigenvalue weighted by atomic mass is 10.1. The SMILES string of the molecule is NCCCc1c2ccccc2n2[nH]nnc12. The topological polar surface area (TPSA) is 72.0 Å². The molecule has 2 aromatic heterocycles. The molecule has 0 aliphatic heterocycles. The van der Waals surface area contributed by atoms with Gasteiger partial charge in [0.2, 0.25) is 0 Å². The van der Waals surface area contributed by atoms with E-state index in [2.05, 4.69) is 27.7 Å². The van der Waals surface area contributed by atoms with Crippen LogP contribution in [0.25, 0.3) is 16.6 Å². The van der Waals surface area contributed by atoms with Crippen LogP contribution in [0.2, 0.25) is 0 Å². The molecule has 5 nitrogen and oxygen atoms in total. The molecular formula is C11H13N5. The van der Waals surface area contributed by atoms with Gasteiger partial charge in [-0.2, -0.15) is 5.21 Å². The number of fused-ring (bicyclic) bond motifs is 3. The van der Waals surface area contributed by atoms with Crippen molar-refractivity contribution in [3.05, 3.63) is 29.8 Å². The highest BCUT2D eigenvalue weighted by atomic mass is 15.5. The van der Waals surface area contributed by atoms with E-state index in [0.29, 0.717) is 6.54 Å². The van der Waals surface area contributed by atoms with Crippen molar-refractivity contribution >= 4 is 16.6 Å². The number of aromatic amines is 1. The van der Waals surface area contributed by atoms with E-state index < -0.39 is 0 Å². The normalized spacial score (nSPS) is 11.6. The zero-order valence-electron chi connectivity index (χ0n) is 8.85. The molecule has 0 atom stereocenters. The van der Waals surface area contributed by atoms with Gasteiger partial charge in [0.1, 0.15) is 0 Å². The van der Waals surface area contributed by atoms with Crippen LogP contribution >= 0.6 is 0 Å². The van der Waals surface area contributed by atoms with Crippen LogP contribution in [0.5, 0.6) is 0 Å². The van der Waals surface area contributed by atoms with E-state index in [0.717, 1.165) is 24.0 Å². The number of nitrogens with zero attached hydrogens (tertiary/aromatic N) is 3. The summed E-state index contributed by atoms with van der Waals surface area (Å²) in [6, 6.07) is 8.24. The molecule has 0 aliphatic carbocycles. The summed E-state index contributed by atoms with van der Waals surface area (Å²) >= 11 is 0. The Kier molecular flexibility index (Phi) is 2.11. The summed E-state index contributed by atoms with van der Waals surface area (Å²) in [5.41, 5.74) is 8.82. The third-order valence-corrected chi connectivity index (χ3v) is 2.87. The Morgan fingerprint density at radius 1 is 1.31 bits per heavy atom. The highest BCUT2D eigenvalue weighted by Crippen LogP contribution is 2.25. The van der Waals surface area contributed by atoms with E-state index >= 15 is 0 Å². The predicted molar refractivity (Wildman–Crippen MR) is 62.2 cm³/mol. The Bertz CT molecular complexity index is 621. The number of nitrogens with two attached hydrogens (primary N) is 1. The average Bonchev–Trinajstić information content (AvgIpc) is 2.87. The number of rotatable bonds is 3. The van der Waals surface area contributed by atoms with E-state index in [1.165, 1.54) is 10.9 Å². The summed E-state index contributed by atoms with van der Waals surface area (Å²) in [6.45, 7) is 0.698. The third kappa shape index (κ3) is 1.22. The summed E-state index contributed by atoms with van der Waals surface area (Å²) in [6.07, 6.45) is 1.91. The summed E-state index contributed by atoms with van der Waals surface area (Å²) in [5, 5.41) is 12.1. The van der Waals surface area contributed by atoms with E-state index in [1.807, 2.05) is 16.6 Å². The van der Waals surface area contributed by atoms with Gasteiger partial charge >= 0.3 is 0 Å². The van der Waals surface area contributed by atoms with Crippen LogP contribution in [0, 0.1) is 0 Å². The molecule has 1 aromatic carbocycles. The van der Waals surface area contributed by atoms with Crippen LogP contribution in [0.1, 0.15) is 12.0 Å². The van der Waals surface area contributed by atoms with Crippen LogP contribution < -0.4 is 5.73 Å². The standard InChI is InChI=1S/C11H13N5/c12-7-3-5-9-8-4-1-2-6-10(8)16-11(9)13-14-15-16/h1-2,4,6H,3,5,7,12H2,(H,13,15). The number of aryl methyl sites for hydroxylation is 1. The highest BCUT2D eigenvalue weighted by molar-refractivity contribution is 5.90. The molecule has 0 bridgehead atoms. The quantitative estimate of drug-likeness (QED) is 0.687. The molecule has 0 unspecified atom stereocenters.